The van der Waals surface area contributed by atoms with Crippen LogP contribution in [-0.2, 0) is 16.3 Å². The number of fused-ring (bicyclic) bond motifs is 8. The largest absolute Gasteiger partial charge is 0.478 e. The highest BCUT2D eigenvalue weighted by atomic mass is 17.3. The van der Waals surface area contributed by atoms with E-state index in [0.29, 0.717) is 24.0 Å². The molecule has 220 valence electrons. The Morgan fingerprint density at radius 1 is 1.05 bits per heavy atom. The zero-order chi connectivity index (χ0) is 30.3. The second-order valence-electron chi connectivity index (χ2n) is 11.1. The van der Waals surface area contributed by atoms with Gasteiger partial charge in [0.05, 0.1) is 29.6 Å². The summed E-state index contributed by atoms with van der Waals surface area (Å²) in [7, 11) is 1.45. The van der Waals surface area contributed by atoms with Crippen LogP contribution in [0.5, 0.6) is 0 Å². The molecule has 0 saturated heterocycles. The molecule has 42 heavy (non-hydrogen) atoms. The minimum atomic E-state index is -0.974. The van der Waals surface area contributed by atoms with Crippen LogP contribution in [0.25, 0.3) is 33.2 Å². The fraction of sp³-hybridized carbons (Fsp3) is 0.364. The quantitative estimate of drug-likeness (QED) is 0.131. The van der Waals surface area contributed by atoms with E-state index in [1.54, 1.807) is 0 Å². The number of aromatic nitrogens is 4. The van der Waals surface area contributed by atoms with Gasteiger partial charge in [0.25, 0.3) is 0 Å². The first kappa shape index (κ1) is 29.4. The fourth-order valence-corrected chi connectivity index (χ4v) is 6.36. The first-order valence-corrected chi connectivity index (χ1v) is 14.3. The van der Waals surface area contributed by atoms with Gasteiger partial charge in [0, 0.05) is 51.9 Å². The van der Waals surface area contributed by atoms with Crippen LogP contribution in [0.3, 0.4) is 0 Å². The number of rotatable bonds is 8. The molecule has 0 aliphatic carbocycles. The number of H-pyrrole nitrogens is 2. The van der Waals surface area contributed by atoms with Crippen molar-refractivity contribution in [2.24, 2.45) is 0 Å². The molecule has 2 aliphatic heterocycles. The van der Waals surface area contributed by atoms with E-state index in [-0.39, 0.29) is 17.4 Å². The van der Waals surface area contributed by atoms with Crippen LogP contribution in [-0.4, -0.2) is 44.7 Å². The number of allylic oxidation sites excluding steroid dienone is 3. The molecule has 0 aromatic carbocycles. The number of aromatic carboxylic acids is 1. The van der Waals surface area contributed by atoms with Crippen molar-refractivity contribution in [3.8, 4) is 0 Å². The number of carbonyl (C=O) groups is 1. The van der Waals surface area contributed by atoms with E-state index in [0.717, 1.165) is 68.0 Å². The van der Waals surface area contributed by atoms with Crippen LogP contribution in [0, 0.1) is 20.8 Å². The van der Waals surface area contributed by atoms with E-state index in [1.807, 2.05) is 26.0 Å². The highest BCUT2D eigenvalue weighted by molar-refractivity contribution is 6.02. The second-order valence-corrected chi connectivity index (χ2v) is 11.1. The highest BCUT2D eigenvalue weighted by Crippen LogP contribution is 2.42. The van der Waals surface area contributed by atoms with Crippen molar-refractivity contribution < 1.29 is 19.8 Å². The van der Waals surface area contributed by atoms with Crippen molar-refractivity contribution in [1.29, 1.82) is 0 Å². The second kappa shape index (κ2) is 11.7. The van der Waals surface area contributed by atoms with Gasteiger partial charge in [0.1, 0.15) is 0 Å². The SMILES string of the molecule is C=CC1=C(C)c2cc3nc(c(C)c4[nH]c(cc5[nH]c(cc1n2)c(C)c5CC)c(C)c4C(=O)O)[C@@H](CCNOOC)[C@@H]3C. The zero-order valence-corrected chi connectivity index (χ0v) is 25.4. The van der Waals surface area contributed by atoms with Gasteiger partial charge in [-0.2, -0.15) is 5.48 Å². The molecule has 5 heterocycles. The summed E-state index contributed by atoms with van der Waals surface area (Å²) in [5.41, 5.74) is 15.6. The van der Waals surface area contributed by atoms with Gasteiger partial charge in [-0.3, -0.25) is 4.98 Å². The summed E-state index contributed by atoms with van der Waals surface area (Å²) >= 11 is 0. The molecule has 0 spiro atoms. The maximum Gasteiger partial charge on any atom is 0.338 e. The Labute approximate surface area is 245 Å². The molecule has 9 nitrogen and oxygen atoms in total. The number of carboxylic acids is 1. The molecular weight excluding hydrogens is 530 g/mol. The lowest BCUT2D eigenvalue weighted by Gasteiger charge is -2.17. The smallest absolute Gasteiger partial charge is 0.338 e. The van der Waals surface area contributed by atoms with E-state index >= 15 is 0 Å². The average molecular weight is 570 g/mol. The normalized spacial score (nSPS) is 16.7. The predicted molar refractivity (Wildman–Crippen MR) is 166 cm³/mol. The standard InChI is InChI=1S/C33H39N5O4/c1-9-21-16(3)24-13-26-18(5)23(11-12-34-42-41-8)31(37-26)20(7)32-30(33(39)40)19(6)27(38-32)15-29-22(10-2)17(4)25(36-29)14-28(21)35-24/h9,13-15,18,23,34,36,38H,1,10-12H2,2-8H3,(H,39,40)/t18-,23-/m0/s1. The summed E-state index contributed by atoms with van der Waals surface area (Å²) in [6.07, 6.45) is 3.39. The van der Waals surface area contributed by atoms with E-state index in [1.165, 1.54) is 12.7 Å². The molecule has 3 aromatic rings. The van der Waals surface area contributed by atoms with Gasteiger partial charge >= 0.3 is 5.97 Å². The molecule has 0 fully saturated rings. The van der Waals surface area contributed by atoms with Crippen LogP contribution < -0.4 is 5.48 Å². The topological polar surface area (TPSA) is 125 Å². The van der Waals surface area contributed by atoms with Crippen LogP contribution in [0.2, 0.25) is 0 Å². The van der Waals surface area contributed by atoms with Crippen molar-refractivity contribution in [3.05, 3.63) is 81.4 Å². The summed E-state index contributed by atoms with van der Waals surface area (Å²) in [5.74, 6) is -0.906. The minimum absolute atomic E-state index is 0.0117. The Morgan fingerprint density at radius 3 is 2.45 bits per heavy atom. The van der Waals surface area contributed by atoms with Gasteiger partial charge in [0.2, 0.25) is 0 Å². The number of aryl methyl sites for hydroxylation is 4. The Morgan fingerprint density at radius 2 is 1.79 bits per heavy atom. The number of nitrogens with zero attached hydrogens (tertiary/aromatic N) is 2. The first-order valence-electron chi connectivity index (χ1n) is 14.3. The number of hydroxylamine groups is 1. The van der Waals surface area contributed by atoms with Crippen LogP contribution in [0.1, 0.15) is 94.4 Å². The summed E-state index contributed by atoms with van der Waals surface area (Å²) in [6.45, 7) is 16.9. The minimum Gasteiger partial charge on any atom is -0.478 e. The number of aromatic amines is 2. The average Bonchev–Trinajstić information content (AvgIpc) is 3.64. The van der Waals surface area contributed by atoms with E-state index in [9.17, 15) is 9.90 Å². The predicted octanol–water partition coefficient (Wildman–Crippen LogP) is 6.98. The van der Waals surface area contributed by atoms with Crippen LogP contribution >= 0.6 is 0 Å². The third-order valence-corrected chi connectivity index (χ3v) is 8.80. The molecule has 5 rings (SSSR count). The Kier molecular flexibility index (Phi) is 8.19. The lowest BCUT2D eigenvalue weighted by Crippen LogP contribution is -2.18. The third kappa shape index (κ3) is 4.98. The molecular formula is C33H39N5O4. The number of nitrogens with one attached hydrogen (secondary N) is 3. The Bertz CT molecular complexity index is 1780. The Hall–Kier alpha value is -4.05. The molecule has 3 aromatic heterocycles. The van der Waals surface area contributed by atoms with Gasteiger partial charge in [-0.15, -0.1) is 4.99 Å². The maximum atomic E-state index is 12.6. The number of hydrogen-bond donors (Lipinski definition) is 4. The molecule has 0 amide bonds. The first-order chi connectivity index (χ1) is 20.1. The summed E-state index contributed by atoms with van der Waals surface area (Å²) in [4.78, 5) is 39.5. The monoisotopic (exact) mass is 569 g/mol. The molecule has 0 radical (unpaired) electrons. The van der Waals surface area contributed by atoms with Crippen molar-refractivity contribution in [3.63, 3.8) is 0 Å². The molecule has 2 aliphatic rings. The van der Waals surface area contributed by atoms with E-state index in [4.69, 9.17) is 19.8 Å². The Balaban J connectivity index is 1.93. The van der Waals surface area contributed by atoms with E-state index < -0.39 is 5.97 Å². The number of carboxylic acid groups (broad SMARTS) is 1. The van der Waals surface area contributed by atoms with Crippen LogP contribution in [0.4, 0.5) is 0 Å². The molecule has 8 bridgehead atoms. The van der Waals surface area contributed by atoms with Gasteiger partial charge < -0.3 is 15.1 Å². The van der Waals surface area contributed by atoms with E-state index in [2.05, 4.69) is 61.9 Å². The summed E-state index contributed by atoms with van der Waals surface area (Å²) in [5, 5.41) is 10.3. The van der Waals surface area contributed by atoms with Gasteiger partial charge in [-0.05, 0) is 86.6 Å². The van der Waals surface area contributed by atoms with Crippen molar-refractivity contribution in [1.82, 2.24) is 25.4 Å². The molecule has 9 heteroatoms. The van der Waals surface area contributed by atoms with Gasteiger partial charge in [-0.25, -0.2) is 14.7 Å². The van der Waals surface area contributed by atoms with Gasteiger partial charge in [0.15, 0.2) is 0 Å². The van der Waals surface area contributed by atoms with Crippen molar-refractivity contribution in [2.45, 2.75) is 66.2 Å². The zero-order valence-electron chi connectivity index (χ0n) is 25.4. The lowest BCUT2D eigenvalue weighted by molar-refractivity contribution is -0.317. The molecule has 0 saturated carbocycles. The fourth-order valence-electron chi connectivity index (χ4n) is 6.36. The van der Waals surface area contributed by atoms with Crippen molar-refractivity contribution >= 4 is 39.2 Å². The molecule has 4 N–H and O–H groups in total. The summed E-state index contributed by atoms with van der Waals surface area (Å²) in [6, 6.07) is 6.16. The highest BCUT2D eigenvalue weighted by Gasteiger charge is 2.31. The molecule has 2 atom stereocenters. The summed E-state index contributed by atoms with van der Waals surface area (Å²) < 4.78 is 0. The molecule has 0 unspecified atom stereocenters. The van der Waals surface area contributed by atoms with Crippen molar-refractivity contribution in [2.75, 3.05) is 13.7 Å². The third-order valence-electron chi connectivity index (χ3n) is 8.80. The van der Waals surface area contributed by atoms with Gasteiger partial charge in [-0.1, -0.05) is 26.5 Å². The maximum absolute atomic E-state index is 12.6. The lowest BCUT2D eigenvalue weighted by atomic mass is 9.86. The van der Waals surface area contributed by atoms with Crippen LogP contribution in [0.15, 0.2) is 30.9 Å². The number of hydrogen-bond acceptors (Lipinski definition) is 6.